The first-order chi connectivity index (χ1) is 8.65. The molecular weight excluding hydrogens is 233 g/mol. The smallest absolute Gasteiger partial charge is 0.170 e. The third-order valence-corrected chi connectivity index (χ3v) is 3.25. The fourth-order valence-electron chi connectivity index (χ4n) is 1.99. The molecule has 1 saturated carbocycles. The Labute approximate surface area is 106 Å². The minimum absolute atomic E-state index is 0.0781. The minimum Gasteiger partial charge on any atom is -0.409 e. The number of benzene rings is 1. The summed E-state index contributed by atoms with van der Waals surface area (Å²) in [5, 5.41) is 11.4. The van der Waals surface area contributed by atoms with Crippen molar-refractivity contribution in [1.82, 2.24) is 0 Å². The Balaban J connectivity index is 2.21. The van der Waals surface area contributed by atoms with Crippen LogP contribution in [0.2, 0.25) is 0 Å². The van der Waals surface area contributed by atoms with E-state index in [9.17, 15) is 4.39 Å². The lowest BCUT2D eigenvalue weighted by Gasteiger charge is -2.23. The molecular formula is C13H18FN3O. The molecule has 5 heteroatoms. The number of nitrogens with two attached hydrogens (primary N) is 1. The van der Waals surface area contributed by atoms with Crippen molar-refractivity contribution in [3.63, 3.8) is 0 Å². The monoisotopic (exact) mass is 251 g/mol. The first-order valence-electron chi connectivity index (χ1n) is 6.18. The quantitative estimate of drug-likeness (QED) is 0.365. The van der Waals surface area contributed by atoms with E-state index in [0.29, 0.717) is 17.2 Å². The molecule has 4 nitrogen and oxygen atoms in total. The first-order valence-corrected chi connectivity index (χ1v) is 6.18. The zero-order valence-corrected chi connectivity index (χ0v) is 10.4. The lowest BCUT2D eigenvalue weighted by molar-refractivity contribution is 0.318. The summed E-state index contributed by atoms with van der Waals surface area (Å²) in [6.45, 7) is 3.69. The summed E-state index contributed by atoms with van der Waals surface area (Å²) in [5.74, 6) is 0.292. The summed E-state index contributed by atoms with van der Waals surface area (Å²) in [7, 11) is 0. The van der Waals surface area contributed by atoms with Gasteiger partial charge in [0.25, 0.3) is 0 Å². The predicted molar refractivity (Wildman–Crippen MR) is 69.5 cm³/mol. The van der Waals surface area contributed by atoms with Crippen molar-refractivity contribution in [3.8, 4) is 0 Å². The van der Waals surface area contributed by atoms with Crippen molar-refractivity contribution < 1.29 is 9.60 Å². The molecule has 3 N–H and O–H groups in total. The average molecular weight is 251 g/mol. The van der Waals surface area contributed by atoms with E-state index in [2.05, 4.69) is 5.16 Å². The van der Waals surface area contributed by atoms with Crippen LogP contribution in [0.25, 0.3) is 0 Å². The largest absolute Gasteiger partial charge is 0.409 e. The van der Waals surface area contributed by atoms with Crippen LogP contribution in [-0.2, 0) is 0 Å². The van der Waals surface area contributed by atoms with Crippen molar-refractivity contribution in [2.75, 3.05) is 18.0 Å². The molecule has 0 saturated heterocycles. The minimum atomic E-state index is -0.332. The summed E-state index contributed by atoms with van der Waals surface area (Å²) in [5.41, 5.74) is 6.40. The summed E-state index contributed by atoms with van der Waals surface area (Å²) in [6, 6.07) is 4.66. The molecule has 1 fully saturated rings. The van der Waals surface area contributed by atoms with Gasteiger partial charge in [-0.3, -0.25) is 0 Å². The van der Waals surface area contributed by atoms with Crippen LogP contribution in [0, 0.1) is 11.7 Å². The van der Waals surface area contributed by atoms with Crippen LogP contribution in [0.3, 0.4) is 0 Å². The topological polar surface area (TPSA) is 61.8 Å². The van der Waals surface area contributed by atoms with Gasteiger partial charge >= 0.3 is 0 Å². The van der Waals surface area contributed by atoms with Crippen LogP contribution in [-0.4, -0.2) is 24.1 Å². The van der Waals surface area contributed by atoms with Crippen molar-refractivity contribution in [2.45, 2.75) is 19.8 Å². The highest BCUT2D eigenvalue weighted by Gasteiger charge is 2.25. The molecule has 0 radical (unpaired) electrons. The highest BCUT2D eigenvalue weighted by molar-refractivity contribution is 5.97. The molecule has 0 atom stereocenters. The Hall–Kier alpha value is -1.78. The standard InChI is InChI=1S/C13H18FN3O/c1-2-17(8-9-3-4-9)12-6-5-10(7-11(12)14)13(15)16-18/h5-7,9,18H,2-4,8H2,1H3,(H2,15,16). The van der Waals surface area contributed by atoms with Gasteiger partial charge in [-0.05, 0) is 43.9 Å². The maximum atomic E-state index is 14.0. The highest BCUT2D eigenvalue weighted by Crippen LogP contribution is 2.32. The molecule has 18 heavy (non-hydrogen) atoms. The third-order valence-electron chi connectivity index (χ3n) is 3.25. The fourth-order valence-corrected chi connectivity index (χ4v) is 1.99. The highest BCUT2D eigenvalue weighted by atomic mass is 19.1. The molecule has 1 aromatic rings. The molecule has 0 aromatic heterocycles. The van der Waals surface area contributed by atoms with E-state index in [-0.39, 0.29) is 11.7 Å². The Morgan fingerprint density at radius 1 is 1.56 bits per heavy atom. The molecule has 1 aliphatic carbocycles. The summed E-state index contributed by atoms with van der Waals surface area (Å²) in [6.07, 6.45) is 2.47. The van der Waals surface area contributed by atoms with Gasteiger partial charge in [-0.15, -0.1) is 0 Å². The van der Waals surface area contributed by atoms with Gasteiger partial charge in [0.2, 0.25) is 0 Å². The maximum Gasteiger partial charge on any atom is 0.170 e. The van der Waals surface area contributed by atoms with Gasteiger partial charge < -0.3 is 15.8 Å². The number of nitrogens with zero attached hydrogens (tertiary/aromatic N) is 2. The first kappa shape index (κ1) is 12.7. The van der Waals surface area contributed by atoms with Crippen molar-refractivity contribution in [1.29, 1.82) is 0 Å². The molecule has 0 amide bonds. The lowest BCUT2D eigenvalue weighted by Crippen LogP contribution is -2.26. The van der Waals surface area contributed by atoms with Gasteiger partial charge in [-0.2, -0.15) is 0 Å². The van der Waals surface area contributed by atoms with E-state index < -0.39 is 0 Å². The van der Waals surface area contributed by atoms with Crippen LogP contribution in [0.1, 0.15) is 25.3 Å². The second-order valence-electron chi connectivity index (χ2n) is 4.63. The van der Waals surface area contributed by atoms with E-state index in [1.807, 2.05) is 11.8 Å². The Morgan fingerprint density at radius 2 is 2.28 bits per heavy atom. The number of anilines is 1. The molecule has 0 heterocycles. The SMILES string of the molecule is CCN(CC1CC1)c1ccc(C(N)=NO)cc1F. The summed E-state index contributed by atoms with van der Waals surface area (Å²) in [4.78, 5) is 2.03. The second kappa shape index (κ2) is 5.25. The molecule has 1 aromatic carbocycles. The number of oxime groups is 1. The van der Waals surface area contributed by atoms with Gasteiger partial charge in [0.05, 0.1) is 5.69 Å². The molecule has 0 unspecified atom stereocenters. The van der Waals surface area contributed by atoms with E-state index in [1.165, 1.54) is 18.9 Å². The van der Waals surface area contributed by atoms with Crippen molar-refractivity contribution >= 4 is 11.5 Å². The van der Waals surface area contributed by atoms with Crippen LogP contribution >= 0.6 is 0 Å². The number of halogens is 1. The number of hydrogen-bond donors (Lipinski definition) is 2. The summed E-state index contributed by atoms with van der Waals surface area (Å²) < 4.78 is 14.0. The number of amidine groups is 1. The zero-order valence-electron chi connectivity index (χ0n) is 10.4. The van der Waals surface area contributed by atoms with E-state index >= 15 is 0 Å². The fraction of sp³-hybridized carbons (Fsp3) is 0.462. The predicted octanol–water partition coefficient (Wildman–Crippen LogP) is 2.16. The third kappa shape index (κ3) is 2.72. The van der Waals surface area contributed by atoms with Crippen LogP contribution in [0.15, 0.2) is 23.4 Å². The van der Waals surface area contributed by atoms with Gasteiger partial charge in [-0.1, -0.05) is 5.16 Å². The molecule has 0 aliphatic heterocycles. The van der Waals surface area contributed by atoms with Gasteiger partial charge in [0, 0.05) is 18.7 Å². The molecule has 1 aliphatic rings. The van der Waals surface area contributed by atoms with Gasteiger partial charge in [0.15, 0.2) is 5.84 Å². The van der Waals surface area contributed by atoms with Crippen LogP contribution in [0.4, 0.5) is 10.1 Å². The van der Waals surface area contributed by atoms with Gasteiger partial charge in [-0.25, -0.2) is 4.39 Å². The van der Waals surface area contributed by atoms with E-state index in [4.69, 9.17) is 10.9 Å². The van der Waals surface area contributed by atoms with Crippen molar-refractivity contribution in [3.05, 3.63) is 29.6 Å². The summed E-state index contributed by atoms with van der Waals surface area (Å²) >= 11 is 0. The lowest BCUT2D eigenvalue weighted by atomic mass is 10.1. The Morgan fingerprint density at radius 3 is 2.78 bits per heavy atom. The Kier molecular flexibility index (Phi) is 3.69. The average Bonchev–Trinajstić information content (AvgIpc) is 3.19. The number of hydrogen-bond acceptors (Lipinski definition) is 3. The molecule has 98 valence electrons. The van der Waals surface area contributed by atoms with Crippen molar-refractivity contribution in [2.24, 2.45) is 16.8 Å². The van der Waals surface area contributed by atoms with E-state index in [0.717, 1.165) is 13.1 Å². The molecule has 0 spiro atoms. The van der Waals surface area contributed by atoms with Gasteiger partial charge in [0.1, 0.15) is 5.82 Å². The normalized spacial score (nSPS) is 15.8. The Bertz CT molecular complexity index is 458. The van der Waals surface area contributed by atoms with Crippen LogP contribution in [0.5, 0.6) is 0 Å². The van der Waals surface area contributed by atoms with Crippen LogP contribution < -0.4 is 10.6 Å². The zero-order chi connectivity index (χ0) is 13.1. The van der Waals surface area contributed by atoms with E-state index in [1.54, 1.807) is 12.1 Å². The maximum absolute atomic E-state index is 14.0. The molecule has 0 bridgehead atoms. The number of rotatable bonds is 5. The molecule has 2 rings (SSSR count). The second-order valence-corrected chi connectivity index (χ2v) is 4.63.